The summed E-state index contributed by atoms with van der Waals surface area (Å²) < 4.78 is 5.97. The van der Waals surface area contributed by atoms with Gasteiger partial charge >= 0.3 is 0 Å². The third-order valence-electron chi connectivity index (χ3n) is 6.84. The maximum Gasteiger partial charge on any atom is 0.165 e. The van der Waals surface area contributed by atoms with Gasteiger partial charge in [-0.1, -0.05) is 19.9 Å². The van der Waals surface area contributed by atoms with Gasteiger partial charge < -0.3 is 25.4 Å². The molecule has 1 unspecified atom stereocenters. The third-order valence-corrected chi connectivity index (χ3v) is 6.84. The maximum absolute atomic E-state index is 11.1. The van der Waals surface area contributed by atoms with Crippen LogP contribution >= 0.6 is 0 Å². The molecule has 27 heavy (non-hydrogen) atoms. The second kappa shape index (κ2) is 7.61. The largest absolute Gasteiger partial charge is 0.504 e. The highest BCUT2D eigenvalue weighted by molar-refractivity contribution is 5.59. The molecular weight excluding hydrogens is 342 g/mol. The van der Waals surface area contributed by atoms with Crippen molar-refractivity contribution >= 4 is 0 Å². The molecule has 1 aromatic rings. The number of hydrogen-bond donors (Lipinski definition) is 4. The number of rotatable bonds is 4. The van der Waals surface area contributed by atoms with E-state index in [0.29, 0.717) is 25.0 Å². The minimum atomic E-state index is -0.964. The van der Waals surface area contributed by atoms with E-state index in [1.165, 1.54) is 19.4 Å². The summed E-state index contributed by atoms with van der Waals surface area (Å²) in [7, 11) is 2.14. The third kappa shape index (κ3) is 3.34. The van der Waals surface area contributed by atoms with Crippen LogP contribution in [0.1, 0.15) is 64.0 Å². The normalized spacial score (nSPS) is 34.1. The number of quaternary nitrogens is 1. The lowest BCUT2D eigenvalue weighted by Crippen LogP contribution is -2.80. The summed E-state index contributed by atoms with van der Waals surface area (Å²) in [5, 5.41) is 34.0. The standard InChI is InChI=1S/C17H24O4.C5H11N/c1-4-10-6-7-11(18)14-13(10)17(5-2)15(21-14)12(19)8-9-16(17,3)20;1-6-4-5-2-3-5/h6-7,12,15,18-20H,4-5,8-9H2,1-3H3;5-6H,2-4H2,1H3/p+1/t12-,15-,16?,17-;/m0./s1. The van der Waals surface area contributed by atoms with E-state index in [0.717, 1.165) is 23.5 Å². The van der Waals surface area contributed by atoms with Gasteiger partial charge in [0.1, 0.15) is 6.10 Å². The van der Waals surface area contributed by atoms with Gasteiger partial charge in [-0.2, -0.15) is 0 Å². The second-order valence-corrected chi connectivity index (χ2v) is 8.63. The number of phenols is 1. The Morgan fingerprint density at radius 3 is 2.44 bits per heavy atom. The number of hydrogen-bond acceptors (Lipinski definition) is 4. The molecule has 2 fully saturated rings. The fourth-order valence-electron chi connectivity index (χ4n) is 5.12. The van der Waals surface area contributed by atoms with E-state index in [4.69, 9.17) is 4.74 Å². The number of aliphatic hydroxyl groups excluding tert-OH is 1. The van der Waals surface area contributed by atoms with Crippen LogP contribution in [0.5, 0.6) is 11.5 Å². The molecule has 1 aromatic carbocycles. The van der Waals surface area contributed by atoms with E-state index >= 15 is 0 Å². The molecule has 4 atom stereocenters. The molecule has 5 heteroatoms. The number of fused-ring (bicyclic) bond motifs is 3. The average Bonchev–Trinajstić information content (AvgIpc) is 3.38. The fraction of sp³-hybridized carbons (Fsp3) is 0.727. The number of ether oxygens (including phenoxy) is 1. The van der Waals surface area contributed by atoms with Crippen LogP contribution in [-0.2, 0) is 11.8 Å². The summed E-state index contributed by atoms with van der Waals surface area (Å²) in [4.78, 5) is 0. The lowest BCUT2D eigenvalue weighted by molar-refractivity contribution is -0.629. The van der Waals surface area contributed by atoms with Crippen molar-refractivity contribution in [1.82, 2.24) is 0 Å². The average molecular weight is 379 g/mol. The van der Waals surface area contributed by atoms with Gasteiger partial charge in [-0.3, -0.25) is 0 Å². The zero-order valence-corrected chi connectivity index (χ0v) is 17.2. The zero-order valence-electron chi connectivity index (χ0n) is 17.2. The first-order chi connectivity index (χ1) is 12.8. The smallest absolute Gasteiger partial charge is 0.165 e. The van der Waals surface area contributed by atoms with Gasteiger partial charge in [-0.25, -0.2) is 0 Å². The fourth-order valence-corrected chi connectivity index (χ4v) is 5.12. The van der Waals surface area contributed by atoms with Crippen molar-refractivity contribution in [1.29, 1.82) is 0 Å². The van der Waals surface area contributed by atoms with Crippen molar-refractivity contribution in [2.24, 2.45) is 5.92 Å². The van der Waals surface area contributed by atoms with E-state index in [-0.39, 0.29) is 5.75 Å². The van der Waals surface area contributed by atoms with Gasteiger partial charge in [0.25, 0.3) is 0 Å². The molecule has 0 bridgehead atoms. The van der Waals surface area contributed by atoms with Crippen molar-refractivity contribution in [3.63, 3.8) is 0 Å². The van der Waals surface area contributed by atoms with E-state index in [2.05, 4.69) is 19.3 Å². The number of aryl methyl sites for hydroxylation is 1. The molecule has 5 N–H and O–H groups in total. The van der Waals surface area contributed by atoms with Crippen LogP contribution in [-0.4, -0.2) is 46.7 Å². The molecule has 0 aromatic heterocycles. The van der Waals surface area contributed by atoms with Crippen LogP contribution in [0.25, 0.3) is 0 Å². The molecule has 0 radical (unpaired) electrons. The highest BCUT2D eigenvalue weighted by Gasteiger charge is 2.64. The van der Waals surface area contributed by atoms with Crippen LogP contribution in [0, 0.1) is 5.92 Å². The van der Waals surface area contributed by atoms with Crippen molar-refractivity contribution < 1.29 is 25.4 Å². The number of aliphatic hydroxyl groups is 2. The predicted molar refractivity (Wildman–Crippen MR) is 105 cm³/mol. The summed E-state index contributed by atoms with van der Waals surface area (Å²) in [5.41, 5.74) is 0.335. The van der Waals surface area contributed by atoms with Gasteiger partial charge in [0, 0.05) is 11.5 Å². The summed E-state index contributed by atoms with van der Waals surface area (Å²) in [6.07, 6.45) is 4.35. The predicted octanol–water partition coefficient (Wildman–Crippen LogP) is 1.86. The monoisotopic (exact) mass is 378 g/mol. The first-order valence-corrected chi connectivity index (χ1v) is 10.5. The number of benzene rings is 1. The second-order valence-electron chi connectivity index (χ2n) is 8.63. The van der Waals surface area contributed by atoms with Crippen LogP contribution in [0.15, 0.2) is 12.1 Å². The van der Waals surface area contributed by atoms with Crippen LogP contribution in [0.4, 0.5) is 0 Å². The van der Waals surface area contributed by atoms with Crippen molar-refractivity contribution in [2.75, 3.05) is 13.6 Å². The van der Waals surface area contributed by atoms with Crippen molar-refractivity contribution in [3.05, 3.63) is 23.3 Å². The first kappa shape index (κ1) is 20.4. The Balaban J connectivity index is 0.000000299. The Labute approximate surface area is 162 Å². The minimum absolute atomic E-state index is 0.0902. The topological polar surface area (TPSA) is 86.5 Å². The molecular formula is C22H36NO4+. The van der Waals surface area contributed by atoms with Crippen molar-refractivity contribution in [3.8, 4) is 11.5 Å². The Bertz CT molecular complexity index is 671. The summed E-state index contributed by atoms with van der Waals surface area (Å²) in [6.45, 7) is 7.26. The SMILES string of the molecule is CCc1ccc(O)c2c1[C@@]1(CC)[C@@H](O2)[C@@H](O)CCC1(C)O.C[NH2+]CC1CC1. The lowest BCUT2D eigenvalue weighted by atomic mass is 9.57. The molecule has 0 saturated heterocycles. The highest BCUT2D eigenvalue weighted by atomic mass is 16.5. The van der Waals surface area contributed by atoms with Gasteiger partial charge in [0.2, 0.25) is 0 Å². The first-order valence-electron chi connectivity index (χ1n) is 10.5. The molecule has 0 spiro atoms. The molecule has 1 heterocycles. The maximum atomic E-state index is 11.1. The van der Waals surface area contributed by atoms with Gasteiger partial charge in [0.15, 0.2) is 11.5 Å². The molecule has 2 aliphatic carbocycles. The van der Waals surface area contributed by atoms with Gasteiger partial charge in [-0.15, -0.1) is 0 Å². The Morgan fingerprint density at radius 1 is 1.22 bits per heavy atom. The minimum Gasteiger partial charge on any atom is -0.504 e. The lowest BCUT2D eigenvalue weighted by Gasteiger charge is -2.51. The number of aromatic hydroxyl groups is 1. The molecule has 152 valence electrons. The quantitative estimate of drug-likeness (QED) is 0.644. The van der Waals surface area contributed by atoms with Crippen LogP contribution in [0.2, 0.25) is 0 Å². The summed E-state index contributed by atoms with van der Waals surface area (Å²) in [5.74, 6) is 1.63. The Hall–Kier alpha value is -1.30. The molecule has 5 nitrogen and oxygen atoms in total. The Kier molecular flexibility index (Phi) is 5.76. The number of nitrogens with two attached hydrogens (primary N) is 1. The summed E-state index contributed by atoms with van der Waals surface area (Å²) >= 11 is 0. The van der Waals surface area contributed by atoms with Gasteiger partial charge in [0.05, 0.1) is 30.7 Å². The Morgan fingerprint density at radius 2 is 1.93 bits per heavy atom. The van der Waals surface area contributed by atoms with Crippen LogP contribution < -0.4 is 10.1 Å². The van der Waals surface area contributed by atoms with E-state index in [1.807, 2.05) is 19.9 Å². The summed E-state index contributed by atoms with van der Waals surface area (Å²) in [6, 6.07) is 3.54. The van der Waals surface area contributed by atoms with Gasteiger partial charge in [-0.05, 0) is 57.1 Å². The van der Waals surface area contributed by atoms with E-state index in [1.54, 1.807) is 6.07 Å². The zero-order chi connectivity index (χ0) is 19.8. The molecule has 4 rings (SSSR count). The number of phenolic OH excluding ortho intramolecular Hbond substituents is 1. The molecule has 2 saturated carbocycles. The molecule has 0 amide bonds. The highest BCUT2D eigenvalue weighted by Crippen LogP contribution is 2.59. The van der Waals surface area contributed by atoms with Crippen molar-refractivity contribution in [2.45, 2.75) is 82.5 Å². The van der Waals surface area contributed by atoms with E-state index in [9.17, 15) is 15.3 Å². The molecule has 1 aliphatic heterocycles. The van der Waals surface area contributed by atoms with E-state index < -0.39 is 23.2 Å². The molecule has 3 aliphatic rings. The van der Waals surface area contributed by atoms with Crippen LogP contribution in [0.3, 0.4) is 0 Å².